The van der Waals surface area contributed by atoms with Crippen molar-refractivity contribution in [3.8, 4) is 0 Å². The average molecular weight is 206 g/mol. The molecule has 0 aliphatic carbocycles. The second-order valence-electron chi connectivity index (χ2n) is 4.72. The highest BCUT2D eigenvalue weighted by atomic mass is 16.2. The fraction of sp³-hybridized carbons (Fsp3) is 0.417. The van der Waals surface area contributed by atoms with Gasteiger partial charge in [0.1, 0.15) is 0 Å². The topological polar surface area (TPSA) is 55.1 Å². The van der Waals surface area contributed by atoms with Crippen molar-refractivity contribution in [2.45, 2.75) is 26.8 Å². The summed E-state index contributed by atoms with van der Waals surface area (Å²) in [5.41, 5.74) is 6.19. The first-order valence-corrected chi connectivity index (χ1v) is 5.02. The van der Waals surface area contributed by atoms with Gasteiger partial charge in [-0.05, 0) is 11.0 Å². The lowest BCUT2D eigenvalue weighted by atomic mass is 9.82. The fourth-order valence-electron chi connectivity index (χ4n) is 1.59. The van der Waals surface area contributed by atoms with Crippen LogP contribution in [0.15, 0.2) is 30.3 Å². The summed E-state index contributed by atoms with van der Waals surface area (Å²) in [4.78, 5) is 10.9. The number of urea groups is 1. The van der Waals surface area contributed by atoms with Crippen LogP contribution in [0.2, 0.25) is 0 Å². The molecule has 2 amide bonds. The lowest BCUT2D eigenvalue weighted by Gasteiger charge is -2.31. The second kappa shape index (κ2) is 4.34. The molecule has 0 aromatic heterocycles. The van der Waals surface area contributed by atoms with Crippen LogP contribution >= 0.6 is 0 Å². The number of hydrogen-bond acceptors (Lipinski definition) is 1. The van der Waals surface area contributed by atoms with E-state index in [1.165, 1.54) is 0 Å². The summed E-state index contributed by atoms with van der Waals surface area (Å²) in [7, 11) is 0. The Balaban J connectivity index is 2.97. The van der Waals surface area contributed by atoms with Gasteiger partial charge in [0.05, 0.1) is 6.04 Å². The summed E-state index contributed by atoms with van der Waals surface area (Å²) in [6.45, 7) is 6.21. The third kappa shape index (κ3) is 3.27. The Hall–Kier alpha value is -1.51. The SMILES string of the molecule is CC(C)(C)[C@H](NC(N)=O)c1ccccc1. The number of benzene rings is 1. The molecule has 1 atom stereocenters. The summed E-state index contributed by atoms with van der Waals surface area (Å²) in [5, 5.41) is 2.77. The molecule has 0 saturated heterocycles. The number of carbonyl (C=O) groups excluding carboxylic acids is 1. The van der Waals surface area contributed by atoms with Crippen LogP contribution in [0.3, 0.4) is 0 Å². The minimum atomic E-state index is -0.487. The molecule has 1 rings (SSSR count). The van der Waals surface area contributed by atoms with Crippen molar-refractivity contribution in [1.82, 2.24) is 5.32 Å². The number of hydrogen-bond donors (Lipinski definition) is 2. The van der Waals surface area contributed by atoms with E-state index in [9.17, 15) is 4.79 Å². The number of carbonyl (C=O) groups is 1. The summed E-state index contributed by atoms with van der Waals surface area (Å²) in [6.07, 6.45) is 0. The van der Waals surface area contributed by atoms with E-state index in [-0.39, 0.29) is 11.5 Å². The molecular formula is C12H18N2O. The molecule has 0 radical (unpaired) electrons. The van der Waals surface area contributed by atoms with E-state index in [0.717, 1.165) is 5.56 Å². The molecule has 0 bridgehead atoms. The van der Waals surface area contributed by atoms with Crippen LogP contribution in [-0.4, -0.2) is 6.03 Å². The molecule has 0 fully saturated rings. The Morgan fingerprint density at radius 1 is 1.27 bits per heavy atom. The quantitative estimate of drug-likeness (QED) is 0.767. The molecule has 3 nitrogen and oxygen atoms in total. The number of nitrogens with one attached hydrogen (secondary N) is 1. The third-order valence-corrected chi connectivity index (χ3v) is 2.29. The summed E-state index contributed by atoms with van der Waals surface area (Å²) < 4.78 is 0. The molecule has 0 unspecified atom stereocenters. The molecular weight excluding hydrogens is 188 g/mol. The predicted molar refractivity (Wildman–Crippen MR) is 61.4 cm³/mol. The maximum atomic E-state index is 10.9. The van der Waals surface area contributed by atoms with E-state index < -0.39 is 6.03 Å². The zero-order valence-electron chi connectivity index (χ0n) is 9.45. The largest absolute Gasteiger partial charge is 0.352 e. The van der Waals surface area contributed by atoms with Gasteiger partial charge in [-0.15, -0.1) is 0 Å². The smallest absolute Gasteiger partial charge is 0.312 e. The highest BCUT2D eigenvalue weighted by Gasteiger charge is 2.26. The van der Waals surface area contributed by atoms with E-state index in [2.05, 4.69) is 26.1 Å². The normalized spacial score (nSPS) is 13.3. The number of amides is 2. The number of primary amides is 1. The van der Waals surface area contributed by atoms with Crippen LogP contribution in [0.1, 0.15) is 32.4 Å². The molecule has 1 aromatic rings. The van der Waals surface area contributed by atoms with Gasteiger partial charge >= 0.3 is 6.03 Å². The van der Waals surface area contributed by atoms with Crippen molar-refractivity contribution >= 4 is 6.03 Å². The monoisotopic (exact) mass is 206 g/mol. The lowest BCUT2D eigenvalue weighted by Crippen LogP contribution is -2.39. The van der Waals surface area contributed by atoms with Crippen molar-refractivity contribution < 1.29 is 4.79 Å². The Kier molecular flexibility index (Phi) is 3.35. The third-order valence-electron chi connectivity index (χ3n) is 2.29. The standard InChI is InChI=1S/C12H18N2O/c1-12(2,3)10(14-11(13)15)9-7-5-4-6-8-9/h4-8,10H,1-3H3,(H3,13,14,15)/t10-/m1/s1. The number of rotatable bonds is 2. The van der Waals surface area contributed by atoms with Gasteiger partial charge in [-0.3, -0.25) is 0 Å². The van der Waals surface area contributed by atoms with Gasteiger partial charge in [0.25, 0.3) is 0 Å². The van der Waals surface area contributed by atoms with E-state index in [1.807, 2.05) is 30.3 Å². The van der Waals surface area contributed by atoms with Crippen LogP contribution in [0.4, 0.5) is 4.79 Å². The van der Waals surface area contributed by atoms with Crippen molar-refractivity contribution in [2.24, 2.45) is 11.1 Å². The van der Waals surface area contributed by atoms with Crippen LogP contribution in [0.25, 0.3) is 0 Å². The van der Waals surface area contributed by atoms with Crippen molar-refractivity contribution in [2.75, 3.05) is 0 Å². The molecule has 0 heterocycles. The van der Waals surface area contributed by atoms with Crippen molar-refractivity contribution in [3.05, 3.63) is 35.9 Å². The number of nitrogens with two attached hydrogens (primary N) is 1. The highest BCUT2D eigenvalue weighted by molar-refractivity contribution is 5.72. The minimum Gasteiger partial charge on any atom is -0.352 e. The van der Waals surface area contributed by atoms with Gasteiger partial charge < -0.3 is 11.1 Å². The molecule has 0 spiro atoms. The van der Waals surface area contributed by atoms with E-state index in [0.29, 0.717) is 0 Å². The molecule has 3 N–H and O–H groups in total. The van der Waals surface area contributed by atoms with Gasteiger partial charge in [0.2, 0.25) is 0 Å². The lowest BCUT2D eigenvalue weighted by molar-refractivity contribution is 0.226. The van der Waals surface area contributed by atoms with E-state index >= 15 is 0 Å². The fourth-order valence-corrected chi connectivity index (χ4v) is 1.59. The Morgan fingerprint density at radius 2 is 1.80 bits per heavy atom. The summed E-state index contributed by atoms with van der Waals surface area (Å²) in [6, 6.07) is 9.30. The predicted octanol–water partition coefficient (Wildman–Crippen LogP) is 2.44. The van der Waals surface area contributed by atoms with E-state index in [4.69, 9.17) is 5.73 Å². The van der Waals surface area contributed by atoms with Gasteiger partial charge in [-0.1, -0.05) is 51.1 Å². The first kappa shape index (κ1) is 11.6. The van der Waals surface area contributed by atoms with Crippen molar-refractivity contribution in [3.63, 3.8) is 0 Å². The second-order valence-corrected chi connectivity index (χ2v) is 4.72. The van der Waals surface area contributed by atoms with Gasteiger partial charge in [0.15, 0.2) is 0 Å². The minimum absolute atomic E-state index is 0.0591. The Labute approximate surface area is 90.7 Å². The molecule has 0 aliphatic heterocycles. The Bertz CT molecular complexity index is 327. The highest BCUT2D eigenvalue weighted by Crippen LogP contribution is 2.32. The summed E-state index contributed by atoms with van der Waals surface area (Å²) in [5.74, 6) is 0. The zero-order chi connectivity index (χ0) is 11.5. The van der Waals surface area contributed by atoms with Gasteiger partial charge in [0, 0.05) is 0 Å². The van der Waals surface area contributed by atoms with Crippen LogP contribution in [0.5, 0.6) is 0 Å². The molecule has 1 aromatic carbocycles. The Morgan fingerprint density at radius 3 is 2.20 bits per heavy atom. The van der Waals surface area contributed by atoms with Crippen molar-refractivity contribution in [1.29, 1.82) is 0 Å². The molecule has 0 saturated carbocycles. The first-order chi connectivity index (χ1) is 6.91. The maximum Gasteiger partial charge on any atom is 0.312 e. The maximum absolute atomic E-state index is 10.9. The first-order valence-electron chi connectivity index (χ1n) is 5.02. The average Bonchev–Trinajstić information content (AvgIpc) is 2.14. The summed E-state index contributed by atoms with van der Waals surface area (Å²) >= 11 is 0. The molecule has 15 heavy (non-hydrogen) atoms. The van der Waals surface area contributed by atoms with Gasteiger partial charge in [-0.25, -0.2) is 4.79 Å². The molecule has 0 aliphatic rings. The molecule has 3 heteroatoms. The molecule has 82 valence electrons. The van der Waals surface area contributed by atoms with Crippen LogP contribution in [0, 0.1) is 5.41 Å². The van der Waals surface area contributed by atoms with Crippen LogP contribution in [-0.2, 0) is 0 Å². The van der Waals surface area contributed by atoms with E-state index in [1.54, 1.807) is 0 Å². The zero-order valence-corrected chi connectivity index (χ0v) is 9.45. The van der Waals surface area contributed by atoms with Gasteiger partial charge in [-0.2, -0.15) is 0 Å². The van der Waals surface area contributed by atoms with Crippen LogP contribution < -0.4 is 11.1 Å².